The van der Waals surface area contributed by atoms with Crippen LogP contribution < -0.4 is 20.9 Å². The number of piperazine rings is 1. The van der Waals surface area contributed by atoms with E-state index in [-0.39, 0.29) is 17.8 Å². The van der Waals surface area contributed by atoms with Gasteiger partial charge in [0.2, 0.25) is 5.95 Å². The van der Waals surface area contributed by atoms with Gasteiger partial charge in [0, 0.05) is 69.0 Å². The Morgan fingerprint density at radius 1 is 1.03 bits per heavy atom. The number of hydrogen-bond acceptors (Lipinski definition) is 9. The molecule has 3 N–H and O–H groups in total. The number of morpholine rings is 1. The average Bonchev–Trinajstić information content (AvgIpc) is 2.94. The van der Waals surface area contributed by atoms with Gasteiger partial charge in [0.05, 0.1) is 17.6 Å². The summed E-state index contributed by atoms with van der Waals surface area (Å²) in [6.07, 6.45) is 1.78. The van der Waals surface area contributed by atoms with Crippen LogP contribution in [0.4, 0.5) is 33.6 Å². The first-order chi connectivity index (χ1) is 18.0. The Bertz CT molecular complexity index is 1220. The van der Waals surface area contributed by atoms with Gasteiger partial charge in [-0.25, -0.2) is 9.78 Å². The Morgan fingerprint density at radius 2 is 1.76 bits per heavy atom. The lowest BCUT2D eigenvalue weighted by Gasteiger charge is -2.35. The lowest BCUT2D eigenvalue weighted by Crippen LogP contribution is -2.50. The van der Waals surface area contributed by atoms with Gasteiger partial charge in [0.25, 0.3) is 5.69 Å². The topological polar surface area (TPSA) is 138 Å². The largest absolute Gasteiger partial charge is 0.371 e. The van der Waals surface area contributed by atoms with Gasteiger partial charge in [-0.1, -0.05) is 12.1 Å². The van der Waals surface area contributed by atoms with Crippen LogP contribution in [0.3, 0.4) is 0 Å². The molecule has 12 nitrogen and oxygen atoms in total. The van der Waals surface area contributed by atoms with Gasteiger partial charge in [-0.2, -0.15) is 4.98 Å². The number of amides is 2. The first kappa shape index (κ1) is 24.4. The zero-order chi connectivity index (χ0) is 25.6. The number of nitrogens with zero attached hydrogens (tertiary/aromatic N) is 5. The number of aromatic nitrogens is 2. The SMILES string of the molecule is O=C(Nc1ccc([N+](=O)[O-])cc1)N1CCN(c2ccnc(Nc3ccc(C4CNCCO4)cc3)n2)CC1. The molecule has 0 radical (unpaired) electrons. The highest BCUT2D eigenvalue weighted by molar-refractivity contribution is 5.89. The maximum absolute atomic E-state index is 12.6. The molecule has 2 saturated heterocycles. The monoisotopic (exact) mass is 504 g/mol. The quantitative estimate of drug-likeness (QED) is 0.341. The maximum Gasteiger partial charge on any atom is 0.321 e. The van der Waals surface area contributed by atoms with E-state index >= 15 is 0 Å². The number of carbonyl (C=O) groups excluding carboxylic acids is 1. The molecule has 1 atom stereocenters. The summed E-state index contributed by atoms with van der Waals surface area (Å²) in [5.74, 6) is 1.28. The van der Waals surface area contributed by atoms with Crippen LogP contribution in [0.15, 0.2) is 60.8 Å². The fourth-order valence-corrected chi connectivity index (χ4v) is 4.28. The predicted octanol–water partition coefficient (Wildman–Crippen LogP) is 3.14. The van der Waals surface area contributed by atoms with Crippen molar-refractivity contribution in [2.75, 3.05) is 61.4 Å². The van der Waals surface area contributed by atoms with E-state index in [9.17, 15) is 14.9 Å². The number of ether oxygens (including phenoxy) is 1. The minimum atomic E-state index is -0.472. The molecular formula is C25H28N8O4. The number of hydrogen-bond donors (Lipinski definition) is 3. The van der Waals surface area contributed by atoms with Gasteiger partial charge < -0.3 is 30.5 Å². The molecule has 3 aromatic rings. The minimum Gasteiger partial charge on any atom is -0.371 e. The summed E-state index contributed by atoms with van der Waals surface area (Å²) >= 11 is 0. The molecule has 1 unspecified atom stereocenters. The molecule has 5 rings (SSSR count). The summed E-state index contributed by atoms with van der Waals surface area (Å²) in [4.78, 5) is 35.8. The third kappa shape index (κ3) is 6.11. The van der Waals surface area contributed by atoms with Gasteiger partial charge in [-0.15, -0.1) is 0 Å². The van der Waals surface area contributed by atoms with Crippen LogP contribution in [0.25, 0.3) is 0 Å². The third-order valence-electron chi connectivity index (χ3n) is 6.33. The van der Waals surface area contributed by atoms with Crippen LogP contribution in [0.1, 0.15) is 11.7 Å². The number of nitro groups is 1. The van der Waals surface area contributed by atoms with Crippen LogP contribution >= 0.6 is 0 Å². The van der Waals surface area contributed by atoms with Crippen molar-refractivity contribution in [2.45, 2.75) is 6.10 Å². The van der Waals surface area contributed by atoms with Crippen LogP contribution in [0.2, 0.25) is 0 Å². The van der Waals surface area contributed by atoms with E-state index in [0.29, 0.717) is 44.4 Å². The average molecular weight is 505 g/mol. The molecule has 2 fully saturated rings. The Kier molecular flexibility index (Phi) is 7.38. The molecule has 1 aromatic heterocycles. The number of benzene rings is 2. The second-order valence-corrected chi connectivity index (χ2v) is 8.76. The fraction of sp³-hybridized carbons (Fsp3) is 0.320. The molecule has 3 heterocycles. The van der Waals surface area contributed by atoms with E-state index < -0.39 is 4.92 Å². The van der Waals surface area contributed by atoms with Gasteiger partial charge in [-0.05, 0) is 35.9 Å². The van der Waals surface area contributed by atoms with Crippen molar-refractivity contribution < 1.29 is 14.5 Å². The molecular weight excluding hydrogens is 476 g/mol. The molecule has 2 aliphatic rings. The molecule has 2 aromatic carbocycles. The van der Waals surface area contributed by atoms with Crippen molar-refractivity contribution in [2.24, 2.45) is 0 Å². The van der Waals surface area contributed by atoms with Crippen LogP contribution in [0.5, 0.6) is 0 Å². The summed E-state index contributed by atoms with van der Waals surface area (Å²) in [6, 6.07) is 15.5. The molecule has 0 spiro atoms. The Morgan fingerprint density at radius 3 is 2.43 bits per heavy atom. The van der Waals surface area contributed by atoms with Crippen molar-refractivity contribution in [3.63, 3.8) is 0 Å². The molecule has 192 valence electrons. The van der Waals surface area contributed by atoms with Gasteiger partial charge in [-0.3, -0.25) is 10.1 Å². The van der Waals surface area contributed by atoms with Crippen molar-refractivity contribution in [3.8, 4) is 0 Å². The lowest BCUT2D eigenvalue weighted by molar-refractivity contribution is -0.384. The zero-order valence-electron chi connectivity index (χ0n) is 20.2. The molecule has 12 heteroatoms. The predicted molar refractivity (Wildman–Crippen MR) is 139 cm³/mol. The second-order valence-electron chi connectivity index (χ2n) is 8.76. The van der Waals surface area contributed by atoms with E-state index in [0.717, 1.165) is 30.2 Å². The minimum absolute atomic E-state index is 0.0195. The van der Waals surface area contributed by atoms with Crippen molar-refractivity contribution in [1.29, 1.82) is 0 Å². The highest BCUT2D eigenvalue weighted by Crippen LogP contribution is 2.23. The van der Waals surface area contributed by atoms with Gasteiger partial charge in [0.1, 0.15) is 5.82 Å². The zero-order valence-corrected chi connectivity index (χ0v) is 20.2. The summed E-state index contributed by atoms with van der Waals surface area (Å²) in [5, 5.41) is 20.2. The van der Waals surface area contributed by atoms with Crippen molar-refractivity contribution in [3.05, 3.63) is 76.5 Å². The van der Waals surface area contributed by atoms with E-state index in [1.165, 1.54) is 24.3 Å². The summed E-state index contributed by atoms with van der Waals surface area (Å²) in [5.41, 5.74) is 2.51. The molecule has 0 saturated carbocycles. The van der Waals surface area contributed by atoms with E-state index in [2.05, 4.69) is 30.8 Å². The Hall–Kier alpha value is -4.29. The number of rotatable bonds is 6. The highest BCUT2D eigenvalue weighted by Gasteiger charge is 2.22. The van der Waals surface area contributed by atoms with Crippen molar-refractivity contribution >= 4 is 34.9 Å². The highest BCUT2D eigenvalue weighted by atomic mass is 16.6. The van der Waals surface area contributed by atoms with Crippen LogP contribution in [-0.4, -0.2) is 71.7 Å². The van der Waals surface area contributed by atoms with E-state index in [1.54, 1.807) is 11.1 Å². The number of urea groups is 1. The first-order valence-electron chi connectivity index (χ1n) is 12.1. The normalized spacial score (nSPS) is 17.8. The molecule has 0 bridgehead atoms. The number of non-ortho nitro benzene ring substituents is 1. The fourth-order valence-electron chi connectivity index (χ4n) is 4.28. The number of nitro benzene ring substituents is 1. The molecule has 2 amide bonds. The van der Waals surface area contributed by atoms with Crippen LogP contribution in [-0.2, 0) is 4.74 Å². The molecule has 37 heavy (non-hydrogen) atoms. The van der Waals surface area contributed by atoms with Gasteiger partial charge >= 0.3 is 6.03 Å². The summed E-state index contributed by atoms with van der Waals surface area (Å²) in [6.45, 7) is 4.68. The summed E-state index contributed by atoms with van der Waals surface area (Å²) in [7, 11) is 0. The van der Waals surface area contributed by atoms with Crippen LogP contribution in [0, 0.1) is 10.1 Å². The van der Waals surface area contributed by atoms with Crippen molar-refractivity contribution in [1.82, 2.24) is 20.2 Å². The number of carbonyl (C=O) groups is 1. The Balaban J connectivity index is 1.14. The number of anilines is 4. The maximum atomic E-state index is 12.6. The van der Waals surface area contributed by atoms with E-state index in [4.69, 9.17) is 4.74 Å². The standard InChI is InChI=1S/C25H28N8O4/c34-25(29-20-5-7-21(8-6-20)33(35)36)32-14-12-31(13-15-32)23-9-10-27-24(30-23)28-19-3-1-18(2-4-19)22-17-26-11-16-37-22/h1-10,22,26H,11-17H2,(H,29,34)(H,27,28,30). The number of nitrogens with one attached hydrogen (secondary N) is 3. The smallest absolute Gasteiger partial charge is 0.321 e. The third-order valence-corrected chi connectivity index (χ3v) is 6.33. The summed E-state index contributed by atoms with van der Waals surface area (Å²) < 4.78 is 5.81. The molecule has 2 aliphatic heterocycles. The lowest BCUT2D eigenvalue weighted by atomic mass is 10.1. The Labute approximate surface area is 213 Å². The molecule has 0 aliphatic carbocycles. The first-order valence-corrected chi connectivity index (χ1v) is 12.1. The second kappa shape index (κ2) is 11.2. The van der Waals surface area contributed by atoms with E-state index in [1.807, 2.05) is 30.3 Å². The van der Waals surface area contributed by atoms with Gasteiger partial charge in [0.15, 0.2) is 0 Å².